The zero-order valence-electron chi connectivity index (χ0n) is 39.7. The van der Waals surface area contributed by atoms with Crippen LogP contribution in [0.5, 0.6) is 0 Å². The van der Waals surface area contributed by atoms with Crippen molar-refractivity contribution in [2.24, 2.45) is 0 Å². The van der Waals surface area contributed by atoms with Crippen LogP contribution in [0, 0.1) is 0 Å². The number of hydrogen-bond donors (Lipinski definition) is 0. The second-order valence-corrected chi connectivity index (χ2v) is 16.7. The van der Waals surface area contributed by atoms with Gasteiger partial charge in [0.05, 0.1) is 6.61 Å². The van der Waals surface area contributed by atoms with Gasteiger partial charge >= 0.3 is 11.9 Å². The van der Waals surface area contributed by atoms with Crippen molar-refractivity contribution in [3.63, 3.8) is 0 Å². The van der Waals surface area contributed by atoms with Crippen LogP contribution >= 0.6 is 0 Å². The largest absolute Gasteiger partial charge is 0.462 e. The molecule has 5 nitrogen and oxygen atoms in total. The lowest BCUT2D eigenvalue weighted by Crippen LogP contribution is -2.30. The molecular weight excluding hydrogens is 741 g/mol. The Bertz CT molecular complexity index is 1080. The fraction of sp³-hybridized carbons (Fsp3) is 0.745. The molecule has 0 radical (unpaired) electrons. The summed E-state index contributed by atoms with van der Waals surface area (Å²) in [4.78, 5) is 25.3. The maximum atomic E-state index is 12.7. The summed E-state index contributed by atoms with van der Waals surface area (Å²) in [6.07, 6.45) is 64.8. The number of unbranched alkanes of at least 4 members (excludes halogenated alkanes) is 23. The third kappa shape index (κ3) is 48.0. The number of esters is 2. The number of allylic oxidation sites excluding steroid dienone is 12. The van der Waals surface area contributed by atoms with E-state index < -0.39 is 6.10 Å². The Labute approximate surface area is 372 Å². The Morgan fingerprint density at radius 2 is 0.767 bits per heavy atom. The van der Waals surface area contributed by atoms with Crippen molar-refractivity contribution >= 4 is 11.9 Å². The lowest BCUT2D eigenvalue weighted by molar-refractivity contribution is -0.163. The Morgan fingerprint density at radius 1 is 0.383 bits per heavy atom. The molecule has 0 saturated carbocycles. The second kappa shape index (κ2) is 50.7. The third-order valence-electron chi connectivity index (χ3n) is 10.7. The molecule has 0 heterocycles. The molecule has 0 aromatic rings. The van der Waals surface area contributed by atoms with Crippen molar-refractivity contribution in [3.05, 3.63) is 72.9 Å². The Kier molecular flexibility index (Phi) is 48.4. The highest BCUT2D eigenvalue weighted by molar-refractivity contribution is 5.70. The van der Waals surface area contributed by atoms with E-state index in [1.165, 1.54) is 116 Å². The summed E-state index contributed by atoms with van der Waals surface area (Å²) in [6, 6.07) is 0. The minimum Gasteiger partial charge on any atom is -0.462 e. The van der Waals surface area contributed by atoms with Gasteiger partial charge in [-0.05, 0) is 83.5 Å². The van der Waals surface area contributed by atoms with Crippen molar-refractivity contribution in [3.8, 4) is 0 Å². The van der Waals surface area contributed by atoms with Crippen LogP contribution in [0.3, 0.4) is 0 Å². The van der Waals surface area contributed by atoms with Crippen LogP contribution in [-0.4, -0.2) is 37.9 Å². The number of rotatable bonds is 46. The van der Waals surface area contributed by atoms with E-state index in [1.54, 1.807) is 0 Å². The Balaban J connectivity index is 4.28. The molecule has 0 rings (SSSR count). The van der Waals surface area contributed by atoms with E-state index in [0.717, 1.165) is 89.9 Å². The maximum absolute atomic E-state index is 12.7. The number of carbonyl (C=O) groups is 2. The molecule has 60 heavy (non-hydrogen) atoms. The molecule has 0 aromatic carbocycles. The molecule has 0 aromatic heterocycles. The van der Waals surface area contributed by atoms with E-state index in [2.05, 4.69) is 93.7 Å². The van der Waals surface area contributed by atoms with E-state index in [1.807, 2.05) is 0 Å². The first-order valence-electron chi connectivity index (χ1n) is 25.5. The van der Waals surface area contributed by atoms with Crippen LogP contribution in [0.15, 0.2) is 72.9 Å². The molecule has 0 amide bonds. The molecule has 0 spiro atoms. The van der Waals surface area contributed by atoms with E-state index in [0.29, 0.717) is 19.4 Å². The number of hydrogen-bond acceptors (Lipinski definition) is 5. The van der Waals surface area contributed by atoms with Gasteiger partial charge in [-0.25, -0.2) is 0 Å². The smallest absolute Gasteiger partial charge is 0.306 e. The minimum atomic E-state index is -0.553. The van der Waals surface area contributed by atoms with Gasteiger partial charge in [0.15, 0.2) is 6.10 Å². The number of carbonyl (C=O) groups excluding carboxylic acids is 2. The van der Waals surface area contributed by atoms with Crippen molar-refractivity contribution in [1.29, 1.82) is 0 Å². The maximum Gasteiger partial charge on any atom is 0.306 e. The molecule has 0 N–H and O–H groups in total. The fourth-order valence-electron chi connectivity index (χ4n) is 6.93. The lowest BCUT2D eigenvalue weighted by Gasteiger charge is -2.18. The molecule has 5 heteroatoms. The monoisotopic (exact) mass is 837 g/mol. The first-order chi connectivity index (χ1) is 29.6. The predicted molar refractivity (Wildman–Crippen MR) is 260 cm³/mol. The quantitative estimate of drug-likeness (QED) is 0.0347. The molecule has 0 saturated heterocycles. The van der Waals surface area contributed by atoms with Gasteiger partial charge in [0, 0.05) is 19.4 Å². The van der Waals surface area contributed by atoms with Crippen molar-refractivity contribution in [1.82, 2.24) is 0 Å². The molecule has 1 unspecified atom stereocenters. The van der Waals surface area contributed by atoms with E-state index in [4.69, 9.17) is 14.2 Å². The van der Waals surface area contributed by atoms with Crippen LogP contribution in [0.25, 0.3) is 0 Å². The third-order valence-corrected chi connectivity index (χ3v) is 10.7. The Hall–Kier alpha value is -2.66. The van der Waals surface area contributed by atoms with Gasteiger partial charge < -0.3 is 14.2 Å². The van der Waals surface area contributed by atoms with Gasteiger partial charge in [-0.3, -0.25) is 9.59 Å². The second-order valence-electron chi connectivity index (χ2n) is 16.7. The van der Waals surface area contributed by atoms with Gasteiger partial charge in [0.1, 0.15) is 6.61 Å². The summed E-state index contributed by atoms with van der Waals surface area (Å²) in [6.45, 7) is 7.62. The van der Waals surface area contributed by atoms with Crippen molar-refractivity contribution in [2.75, 3.05) is 19.8 Å². The van der Waals surface area contributed by atoms with Crippen LogP contribution in [0.2, 0.25) is 0 Å². The SMILES string of the molecule is CC/C=C\C/C=C\C/C=C\C/C=C\C/C=C\CCCCCCOCC(COC(=O)CCCCCCCCCCCCCCC)OC(=O)CCCCCCC/C=C\CCCC. The van der Waals surface area contributed by atoms with Gasteiger partial charge in [-0.2, -0.15) is 0 Å². The average molecular weight is 837 g/mol. The van der Waals surface area contributed by atoms with Gasteiger partial charge in [0.25, 0.3) is 0 Å². The highest BCUT2D eigenvalue weighted by Crippen LogP contribution is 2.14. The summed E-state index contributed by atoms with van der Waals surface area (Å²) in [7, 11) is 0. The first kappa shape index (κ1) is 57.3. The van der Waals surface area contributed by atoms with Crippen LogP contribution < -0.4 is 0 Å². The topological polar surface area (TPSA) is 61.8 Å². The van der Waals surface area contributed by atoms with Crippen LogP contribution in [-0.2, 0) is 23.8 Å². The van der Waals surface area contributed by atoms with Crippen LogP contribution in [0.1, 0.15) is 239 Å². The normalized spacial score (nSPS) is 12.8. The summed E-state index contributed by atoms with van der Waals surface area (Å²) in [5, 5.41) is 0. The minimum absolute atomic E-state index is 0.0715. The van der Waals surface area contributed by atoms with Gasteiger partial charge in [-0.1, -0.05) is 216 Å². The highest BCUT2D eigenvalue weighted by atomic mass is 16.6. The Morgan fingerprint density at radius 3 is 1.27 bits per heavy atom. The molecule has 0 bridgehead atoms. The molecular formula is C55H96O5. The first-order valence-corrected chi connectivity index (χ1v) is 25.5. The molecule has 0 aliphatic heterocycles. The van der Waals surface area contributed by atoms with Gasteiger partial charge in [-0.15, -0.1) is 0 Å². The molecule has 0 aliphatic carbocycles. The van der Waals surface area contributed by atoms with E-state index in [-0.39, 0.29) is 25.2 Å². The number of ether oxygens (including phenoxy) is 3. The highest BCUT2D eigenvalue weighted by Gasteiger charge is 2.17. The molecule has 0 fully saturated rings. The van der Waals surface area contributed by atoms with E-state index in [9.17, 15) is 9.59 Å². The molecule has 346 valence electrons. The standard InChI is InChI=1S/C55H96O5/c1-4-7-10-13-16-19-22-24-25-26-27-28-29-30-32-35-38-41-44-47-50-58-51-53(60-55(57)49-46-43-40-37-33-21-18-15-12-9-6-3)52-59-54(56)48-45-42-39-36-34-31-23-20-17-14-11-8-5-2/h7,10,15-16,18-19,24-25,27-28,30,32,53H,4-6,8-9,11-14,17,20-23,26,29,31,33-52H2,1-3H3/b10-7-,18-15-,19-16-,25-24-,28-27-,32-30-. The van der Waals surface area contributed by atoms with Crippen LogP contribution in [0.4, 0.5) is 0 Å². The van der Waals surface area contributed by atoms with E-state index >= 15 is 0 Å². The summed E-state index contributed by atoms with van der Waals surface area (Å²) in [5.41, 5.74) is 0. The van der Waals surface area contributed by atoms with Crippen molar-refractivity contribution < 1.29 is 23.8 Å². The van der Waals surface area contributed by atoms with Crippen molar-refractivity contribution in [2.45, 2.75) is 245 Å². The van der Waals surface area contributed by atoms with Gasteiger partial charge in [0.2, 0.25) is 0 Å². The summed E-state index contributed by atoms with van der Waals surface area (Å²) < 4.78 is 17.3. The molecule has 1 atom stereocenters. The average Bonchev–Trinajstić information content (AvgIpc) is 3.25. The predicted octanol–water partition coefficient (Wildman–Crippen LogP) is 17.1. The summed E-state index contributed by atoms with van der Waals surface area (Å²) in [5.74, 6) is -0.420. The lowest BCUT2D eigenvalue weighted by atomic mass is 10.0. The summed E-state index contributed by atoms with van der Waals surface area (Å²) >= 11 is 0. The zero-order valence-corrected chi connectivity index (χ0v) is 39.7. The molecule has 0 aliphatic rings. The fourth-order valence-corrected chi connectivity index (χ4v) is 6.93. The zero-order chi connectivity index (χ0) is 43.5.